The summed E-state index contributed by atoms with van der Waals surface area (Å²) in [7, 11) is 2.99. The number of pyridine rings is 1. The topological polar surface area (TPSA) is 87.2 Å². The van der Waals surface area contributed by atoms with E-state index >= 15 is 0 Å². The van der Waals surface area contributed by atoms with Crippen LogP contribution < -0.4 is 0 Å². The van der Waals surface area contributed by atoms with E-state index in [1.54, 1.807) is 24.9 Å². The number of methoxy groups -OCH3 is 1. The Bertz CT molecular complexity index is 1370. The van der Waals surface area contributed by atoms with Crippen molar-refractivity contribution < 1.29 is 22.7 Å². The van der Waals surface area contributed by atoms with Gasteiger partial charge in [0.15, 0.2) is 17.0 Å². The molecule has 31 heavy (non-hydrogen) atoms. The van der Waals surface area contributed by atoms with Gasteiger partial charge < -0.3 is 4.74 Å². The van der Waals surface area contributed by atoms with E-state index in [4.69, 9.17) is 4.74 Å². The molecule has 0 atom stereocenters. The summed E-state index contributed by atoms with van der Waals surface area (Å²) in [5, 5.41) is 8.94. The summed E-state index contributed by atoms with van der Waals surface area (Å²) >= 11 is 0. The summed E-state index contributed by atoms with van der Waals surface area (Å²) in [5.74, 6) is -0.709. The smallest absolute Gasteiger partial charge is 0.433 e. The van der Waals surface area contributed by atoms with Gasteiger partial charge in [-0.3, -0.25) is 4.68 Å². The van der Waals surface area contributed by atoms with Crippen molar-refractivity contribution in [3.05, 3.63) is 41.0 Å². The molecule has 0 aromatic carbocycles. The van der Waals surface area contributed by atoms with Crippen LogP contribution in [0.3, 0.4) is 0 Å². The van der Waals surface area contributed by atoms with Gasteiger partial charge in [-0.15, -0.1) is 5.10 Å². The lowest BCUT2D eigenvalue weighted by Gasteiger charge is -2.09. The first kappa shape index (κ1) is 19.5. The summed E-state index contributed by atoms with van der Waals surface area (Å²) < 4.78 is 48.0. The minimum Gasteiger partial charge on any atom is -0.464 e. The number of hydrogen-bond acceptors (Lipinski definition) is 6. The highest BCUT2D eigenvalue weighted by molar-refractivity contribution is 5.97. The molecule has 0 bridgehead atoms. The molecule has 0 radical (unpaired) electrons. The molecule has 8 nitrogen and oxygen atoms in total. The fourth-order valence-corrected chi connectivity index (χ4v) is 3.81. The molecule has 4 heterocycles. The number of halogens is 3. The van der Waals surface area contributed by atoms with E-state index in [9.17, 15) is 18.0 Å². The number of carbonyl (C=O) groups excluding carboxylic acids is 1. The largest absolute Gasteiger partial charge is 0.464 e. The average molecular weight is 430 g/mol. The lowest BCUT2D eigenvalue weighted by molar-refractivity contribution is -0.141. The Balaban J connectivity index is 1.89. The molecule has 11 heteroatoms. The molecule has 5 rings (SSSR count). The fraction of sp³-hybridized carbons (Fsp3) is 0.350. The number of rotatable bonds is 3. The minimum absolute atomic E-state index is 0.0215. The number of ether oxygens (including phenoxy) is 1. The second-order valence-electron chi connectivity index (χ2n) is 7.62. The van der Waals surface area contributed by atoms with Crippen LogP contribution in [0.4, 0.5) is 13.2 Å². The van der Waals surface area contributed by atoms with E-state index in [1.807, 2.05) is 0 Å². The lowest BCUT2D eigenvalue weighted by atomic mass is 10.1. The van der Waals surface area contributed by atoms with Gasteiger partial charge in [0.1, 0.15) is 5.69 Å². The number of aromatic nitrogens is 6. The predicted octanol–water partition coefficient (Wildman–Crippen LogP) is 3.67. The van der Waals surface area contributed by atoms with Crippen molar-refractivity contribution >= 4 is 22.6 Å². The minimum atomic E-state index is -4.61. The van der Waals surface area contributed by atoms with Crippen LogP contribution in [-0.4, -0.2) is 42.4 Å². The van der Waals surface area contributed by atoms with Gasteiger partial charge in [0, 0.05) is 18.8 Å². The number of alkyl halides is 3. The maximum atomic E-state index is 13.4. The summed E-state index contributed by atoms with van der Waals surface area (Å²) in [6.45, 7) is 1.81. The molecule has 0 unspecified atom stereocenters. The van der Waals surface area contributed by atoms with Gasteiger partial charge in [-0.1, -0.05) is 0 Å². The maximum Gasteiger partial charge on any atom is 0.433 e. The van der Waals surface area contributed by atoms with Gasteiger partial charge in [-0.2, -0.15) is 18.3 Å². The Morgan fingerprint density at radius 1 is 1.19 bits per heavy atom. The standard InChI is InChI=1S/C20H17F3N6O2/c1-9-12(8-28(2)26-9)13-7-14(19(30)31-3)29-18(24-13)16-11(10-4-5-10)6-15(20(21,22)23)25-17(16)27-29/h6-8,10H,4-5H2,1-3H3. The fourth-order valence-electron chi connectivity index (χ4n) is 3.81. The van der Waals surface area contributed by atoms with Crippen LogP contribution in [0.25, 0.3) is 27.9 Å². The zero-order valence-corrected chi connectivity index (χ0v) is 16.9. The van der Waals surface area contributed by atoms with E-state index < -0.39 is 17.8 Å². The second-order valence-corrected chi connectivity index (χ2v) is 7.62. The summed E-state index contributed by atoms with van der Waals surface area (Å²) in [6, 6.07) is 2.57. The first-order chi connectivity index (χ1) is 14.7. The van der Waals surface area contributed by atoms with Gasteiger partial charge in [-0.05, 0) is 43.4 Å². The van der Waals surface area contributed by atoms with E-state index in [2.05, 4.69) is 20.2 Å². The number of fused-ring (bicyclic) bond motifs is 3. The van der Waals surface area contributed by atoms with E-state index in [0.29, 0.717) is 27.9 Å². The molecule has 1 aliphatic rings. The molecule has 0 amide bonds. The predicted molar refractivity (Wildman–Crippen MR) is 104 cm³/mol. The van der Waals surface area contributed by atoms with Crippen LogP contribution in [0.2, 0.25) is 0 Å². The molecule has 4 aromatic rings. The third kappa shape index (κ3) is 3.11. The monoisotopic (exact) mass is 430 g/mol. The van der Waals surface area contributed by atoms with Crippen molar-refractivity contribution in [2.75, 3.05) is 7.11 Å². The number of esters is 1. The van der Waals surface area contributed by atoms with E-state index in [-0.39, 0.29) is 22.9 Å². The van der Waals surface area contributed by atoms with Gasteiger partial charge in [0.25, 0.3) is 0 Å². The average Bonchev–Trinajstić information content (AvgIpc) is 3.41. The Labute approximate surface area is 173 Å². The molecular weight excluding hydrogens is 413 g/mol. The SMILES string of the molecule is COC(=O)c1cc(-c2cn(C)nc2C)nc2c3c(C4CC4)cc(C(F)(F)F)nc3nn12. The highest BCUT2D eigenvalue weighted by atomic mass is 19.4. The van der Waals surface area contributed by atoms with Gasteiger partial charge in [-0.25, -0.2) is 19.3 Å². The van der Waals surface area contributed by atoms with Gasteiger partial charge >= 0.3 is 12.1 Å². The van der Waals surface area contributed by atoms with Gasteiger partial charge in [0.05, 0.1) is 23.9 Å². The molecular formula is C20H17F3N6O2. The zero-order chi connectivity index (χ0) is 22.1. The van der Waals surface area contributed by atoms with Crippen molar-refractivity contribution in [3.63, 3.8) is 0 Å². The number of nitrogens with zero attached hydrogens (tertiary/aromatic N) is 6. The highest BCUT2D eigenvalue weighted by Crippen LogP contribution is 2.45. The maximum absolute atomic E-state index is 13.4. The molecule has 0 spiro atoms. The Morgan fingerprint density at radius 2 is 1.94 bits per heavy atom. The number of carbonyl (C=O) groups is 1. The molecule has 0 aliphatic heterocycles. The summed E-state index contributed by atoms with van der Waals surface area (Å²) in [4.78, 5) is 20.9. The zero-order valence-electron chi connectivity index (χ0n) is 16.9. The van der Waals surface area contributed by atoms with E-state index in [1.165, 1.54) is 17.7 Å². The number of hydrogen-bond donors (Lipinski definition) is 0. The molecule has 0 N–H and O–H groups in total. The Hall–Kier alpha value is -3.50. The quantitative estimate of drug-likeness (QED) is 0.461. The molecule has 160 valence electrons. The van der Waals surface area contributed by atoms with Crippen LogP contribution in [0.5, 0.6) is 0 Å². The van der Waals surface area contributed by atoms with Crippen LogP contribution >= 0.6 is 0 Å². The Morgan fingerprint density at radius 3 is 2.52 bits per heavy atom. The second kappa shape index (κ2) is 6.50. The molecule has 1 saturated carbocycles. The summed E-state index contributed by atoms with van der Waals surface area (Å²) in [5.41, 5.74) is 1.52. The van der Waals surface area contributed by atoms with Crippen LogP contribution in [0.15, 0.2) is 18.3 Å². The van der Waals surface area contributed by atoms with Crippen LogP contribution in [-0.2, 0) is 18.0 Å². The van der Waals surface area contributed by atoms with Crippen LogP contribution in [0, 0.1) is 6.92 Å². The first-order valence-electron chi connectivity index (χ1n) is 9.58. The number of aryl methyl sites for hydroxylation is 2. The summed E-state index contributed by atoms with van der Waals surface area (Å²) in [6.07, 6.45) is -1.29. The Kier molecular flexibility index (Phi) is 4.08. The van der Waals surface area contributed by atoms with Crippen molar-refractivity contribution in [2.45, 2.75) is 31.9 Å². The molecule has 1 aliphatic carbocycles. The van der Waals surface area contributed by atoms with Crippen molar-refractivity contribution in [3.8, 4) is 11.3 Å². The van der Waals surface area contributed by atoms with Crippen molar-refractivity contribution in [1.82, 2.24) is 29.4 Å². The van der Waals surface area contributed by atoms with Crippen LogP contribution in [0.1, 0.15) is 46.2 Å². The van der Waals surface area contributed by atoms with Crippen molar-refractivity contribution in [1.29, 1.82) is 0 Å². The lowest BCUT2D eigenvalue weighted by Crippen LogP contribution is -2.10. The normalized spacial score (nSPS) is 14.5. The third-order valence-corrected chi connectivity index (χ3v) is 5.37. The molecule has 1 fully saturated rings. The third-order valence-electron chi connectivity index (χ3n) is 5.37. The first-order valence-corrected chi connectivity index (χ1v) is 9.58. The highest BCUT2D eigenvalue weighted by Gasteiger charge is 2.37. The van der Waals surface area contributed by atoms with Gasteiger partial charge in [0.2, 0.25) is 0 Å². The molecule has 0 saturated heterocycles. The van der Waals surface area contributed by atoms with Crippen molar-refractivity contribution in [2.24, 2.45) is 7.05 Å². The van der Waals surface area contributed by atoms with E-state index in [0.717, 1.165) is 18.9 Å². The molecule has 4 aromatic heterocycles.